The van der Waals surface area contributed by atoms with Gasteiger partial charge in [-0.05, 0) is 38.1 Å². The number of sulfonamides is 1. The van der Waals surface area contributed by atoms with E-state index in [1.54, 1.807) is 12.1 Å². The van der Waals surface area contributed by atoms with Gasteiger partial charge >= 0.3 is 0 Å². The maximum Gasteiger partial charge on any atom is 0.243 e. The average Bonchev–Trinajstić information content (AvgIpc) is 2.46. The molecule has 8 heteroatoms. The molecule has 0 radical (unpaired) electrons. The minimum atomic E-state index is -3.56. The number of benzene rings is 1. The van der Waals surface area contributed by atoms with Crippen LogP contribution < -0.4 is 5.32 Å². The van der Waals surface area contributed by atoms with Crippen molar-refractivity contribution in [3.05, 3.63) is 24.3 Å². The first-order valence-electron chi connectivity index (χ1n) is 6.94. The van der Waals surface area contributed by atoms with E-state index >= 15 is 0 Å². The highest BCUT2D eigenvalue weighted by Crippen LogP contribution is 2.22. The largest absolute Gasteiger partial charge is 0.373 e. The number of nitrogens with one attached hydrogen (secondary N) is 1. The number of hydrogen-bond acceptors (Lipinski definition) is 4. The molecule has 1 fully saturated rings. The topological polar surface area (TPSA) is 75.7 Å². The lowest BCUT2D eigenvalue weighted by molar-refractivity contribution is -0.113. The van der Waals surface area contributed by atoms with Crippen molar-refractivity contribution in [1.82, 2.24) is 4.31 Å². The summed E-state index contributed by atoms with van der Waals surface area (Å²) in [6, 6.07) is 6.04. The summed E-state index contributed by atoms with van der Waals surface area (Å²) in [5.74, 6) is -0.489. The van der Waals surface area contributed by atoms with E-state index in [-0.39, 0.29) is 28.9 Å². The van der Waals surface area contributed by atoms with Crippen LogP contribution in [0.15, 0.2) is 29.2 Å². The second-order valence-corrected chi connectivity index (χ2v) is 7.49. The minimum Gasteiger partial charge on any atom is -0.373 e. The van der Waals surface area contributed by atoms with Crippen LogP contribution in [0.2, 0.25) is 0 Å². The molecule has 2 rings (SSSR count). The third-order valence-corrected chi connectivity index (χ3v) is 5.37. The summed E-state index contributed by atoms with van der Waals surface area (Å²) in [6.45, 7) is 4.36. The molecule has 1 saturated heterocycles. The molecule has 6 nitrogen and oxygen atoms in total. The van der Waals surface area contributed by atoms with Gasteiger partial charge in [0.2, 0.25) is 15.9 Å². The van der Waals surface area contributed by atoms with Crippen molar-refractivity contribution in [3.63, 3.8) is 0 Å². The minimum absolute atomic E-state index is 0.138. The highest BCUT2D eigenvalue weighted by atomic mass is 35.5. The van der Waals surface area contributed by atoms with Crippen LogP contribution in [0.4, 0.5) is 5.69 Å². The highest BCUT2D eigenvalue weighted by molar-refractivity contribution is 7.89. The number of rotatable bonds is 4. The van der Waals surface area contributed by atoms with Crippen LogP contribution in [0.5, 0.6) is 0 Å². The van der Waals surface area contributed by atoms with Gasteiger partial charge in [-0.2, -0.15) is 4.31 Å². The quantitative estimate of drug-likeness (QED) is 0.841. The van der Waals surface area contributed by atoms with Crippen LogP contribution in [0, 0.1) is 0 Å². The third kappa shape index (κ3) is 3.98. The van der Waals surface area contributed by atoms with Crippen LogP contribution in [0.3, 0.4) is 0 Å². The first-order valence-corrected chi connectivity index (χ1v) is 8.92. The fraction of sp³-hybridized carbons (Fsp3) is 0.500. The number of morpholine rings is 1. The normalized spacial score (nSPS) is 23.2. The van der Waals surface area contributed by atoms with E-state index in [1.807, 2.05) is 13.8 Å². The SMILES string of the molecule is CC1CN(S(=O)(=O)c2ccc(NC(=O)CCl)cc2)CC(C)O1. The van der Waals surface area contributed by atoms with E-state index in [0.717, 1.165) is 0 Å². The van der Waals surface area contributed by atoms with Crippen molar-refractivity contribution in [2.24, 2.45) is 0 Å². The van der Waals surface area contributed by atoms with Gasteiger partial charge < -0.3 is 10.1 Å². The lowest BCUT2D eigenvalue weighted by Gasteiger charge is -2.34. The number of anilines is 1. The molecule has 1 aliphatic rings. The zero-order valence-corrected chi connectivity index (χ0v) is 14.0. The Kier molecular flexibility index (Phi) is 5.44. The Morgan fingerprint density at radius 3 is 2.32 bits per heavy atom. The molecule has 1 N–H and O–H groups in total. The zero-order valence-electron chi connectivity index (χ0n) is 12.5. The lowest BCUT2D eigenvalue weighted by Crippen LogP contribution is -2.48. The van der Waals surface area contributed by atoms with Crippen molar-refractivity contribution in [1.29, 1.82) is 0 Å². The van der Waals surface area contributed by atoms with Gasteiger partial charge in [-0.1, -0.05) is 0 Å². The summed E-state index contributed by atoms with van der Waals surface area (Å²) in [5, 5.41) is 2.56. The number of amides is 1. The Balaban J connectivity index is 2.17. The van der Waals surface area contributed by atoms with E-state index in [1.165, 1.54) is 16.4 Å². The Morgan fingerprint density at radius 2 is 1.82 bits per heavy atom. The molecule has 22 heavy (non-hydrogen) atoms. The molecule has 2 atom stereocenters. The van der Waals surface area contributed by atoms with E-state index < -0.39 is 10.0 Å². The number of alkyl halides is 1. The Bertz CT molecular complexity index is 623. The number of carbonyl (C=O) groups is 1. The lowest BCUT2D eigenvalue weighted by atomic mass is 10.3. The van der Waals surface area contributed by atoms with Gasteiger partial charge in [-0.25, -0.2) is 8.42 Å². The molecule has 0 saturated carbocycles. The van der Waals surface area contributed by atoms with Crippen molar-refractivity contribution in [3.8, 4) is 0 Å². The third-order valence-electron chi connectivity index (χ3n) is 3.28. The van der Waals surface area contributed by atoms with Gasteiger partial charge in [0.15, 0.2) is 0 Å². The summed E-state index contributed by atoms with van der Waals surface area (Å²) in [7, 11) is -3.56. The fourth-order valence-electron chi connectivity index (χ4n) is 2.38. The molecule has 1 heterocycles. The molecule has 1 aromatic rings. The van der Waals surface area contributed by atoms with Crippen molar-refractivity contribution >= 4 is 33.2 Å². The molecule has 1 amide bonds. The number of halogens is 1. The Morgan fingerprint density at radius 1 is 1.27 bits per heavy atom. The van der Waals surface area contributed by atoms with Crippen LogP contribution >= 0.6 is 11.6 Å². The van der Waals surface area contributed by atoms with E-state index in [4.69, 9.17) is 16.3 Å². The van der Waals surface area contributed by atoms with Crippen LogP contribution in [0.1, 0.15) is 13.8 Å². The summed E-state index contributed by atoms with van der Waals surface area (Å²) in [5.41, 5.74) is 0.508. The molecule has 122 valence electrons. The molecule has 0 spiro atoms. The highest BCUT2D eigenvalue weighted by Gasteiger charge is 2.32. The average molecular weight is 347 g/mol. The standard InChI is InChI=1S/C14H19ClN2O4S/c1-10-8-17(9-11(2)21-10)22(19,20)13-5-3-12(4-6-13)16-14(18)7-15/h3-6,10-11H,7-9H2,1-2H3,(H,16,18). The maximum atomic E-state index is 12.6. The second-order valence-electron chi connectivity index (χ2n) is 5.29. The summed E-state index contributed by atoms with van der Waals surface area (Å²) in [4.78, 5) is 11.4. The van der Waals surface area contributed by atoms with Crippen LogP contribution in [-0.2, 0) is 19.6 Å². The molecule has 2 unspecified atom stereocenters. The Hall–Kier alpha value is -1.15. The number of nitrogens with zero attached hydrogens (tertiary/aromatic N) is 1. The van der Waals surface area contributed by atoms with Gasteiger partial charge in [0.1, 0.15) is 5.88 Å². The van der Waals surface area contributed by atoms with Crippen molar-refractivity contribution in [2.75, 3.05) is 24.3 Å². The molecule has 1 aliphatic heterocycles. The van der Waals surface area contributed by atoms with Crippen LogP contribution in [0.25, 0.3) is 0 Å². The van der Waals surface area contributed by atoms with Crippen molar-refractivity contribution in [2.45, 2.75) is 31.0 Å². The van der Waals surface area contributed by atoms with Gasteiger partial charge in [0, 0.05) is 18.8 Å². The summed E-state index contributed by atoms with van der Waals surface area (Å²) >= 11 is 5.41. The molecule has 0 aromatic heterocycles. The predicted octanol–water partition coefficient (Wildman–Crippen LogP) is 1.66. The molecule has 1 aromatic carbocycles. The molecular formula is C14H19ClN2O4S. The monoisotopic (exact) mass is 346 g/mol. The van der Waals surface area contributed by atoms with Gasteiger partial charge in [0.25, 0.3) is 0 Å². The number of ether oxygens (including phenoxy) is 1. The zero-order chi connectivity index (χ0) is 16.3. The molecular weight excluding hydrogens is 328 g/mol. The van der Waals surface area contributed by atoms with E-state index in [2.05, 4.69) is 5.32 Å². The van der Waals surface area contributed by atoms with E-state index in [9.17, 15) is 13.2 Å². The second kappa shape index (κ2) is 6.95. The molecule has 0 bridgehead atoms. The van der Waals surface area contributed by atoms with Gasteiger partial charge in [0.05, 0.1) is 17.1 Å². The van der Waals surface area contributed by atoms with E-state index in [0.29, 0.717) is 18.8 Å². The number of carbonyl (C=O) groups excluding carboxylic acids is 1. The smallest absolute Gasteiger partial charge is 0.243 e. The first-order chi connectivity index (χ1) is 10.3. The van der Waals surface area contributed by atoms with Crippen molar-refractivity contribution < 1.29 is 17.9 Å². The van der Waals surface area contributed by atoms with Gasteiger partial charge in [-0.3, -0.25) is 4.79 Å². The maximum absolute atomic E-state index is 12.6. The Labute approximate surface area is 135 Å². The number of hydrogen-bond donors (Lipinski definition) is 1. The molecule has 0 aliphatic carbocycles. The summed E-state index contributed by atoms with van der Waals surface area (Å²) in [6.07, 6.45) is -0.276. The summed E-state index contributed by atoms with van der Waals surface area (Å²) < 4.78 is 32.2. The van der Waals surface area contributed by atoms with Crippen LogP contribution in [-0.4, -0.2) is 49.8 Å². The predicted molar refractivity (Wildman–Crippen MR) is 84.6 cm³/mol. The first kappa shape index (κ1) is 17.2. The van der Waals surface area contributed by atoms with Gasteiger partial charge in [-0.15, -0.1) is 11.6 Å². The fourth-order valence-corrected chi connectivity index (χ4v) is 4.04.